The van der Waals surface area contributed by atoms with Gasteiger partial charge in [0.05, 0.1) is 0 Å². The molecule has 2 fully saturated rings. The predicted molar refractivity (Wildman–Crippen MR) is 118 cm³/mol. The molecule has 32 heavy (non-hydrogen) atoms. The van der Waals surface area contributed by atoms with Gasteiger partial charge in [0.1, 0.15) is 0 Å². The third-order valence-electron chi connectivity index (χ3n) is 7.31. The lowest BCUT2D eigenvalue weighted by Crippen LogP contribution is -2.53. The number of rotatable bonds is 5. The normalized spacial score (nSPS) is 22.1. The van der Waals surface area contributed by atoms with Gasteiger partial charge in [0.15, 0.2) is 0 Å². The van der Waals surface area contributed by atoms with Crippen LogP contribution in [-0.4, -0.2) is 33.8 Å². The number of halogens is 2. The van der Waals surface area contributed by atoms with Gasteiger partial charge in [0.25, 0.3) is 6.47 Å². The number of aryl methyl sites for hydroxylation is 2. The Labute approximate surface area is 185 Å². The smallest absolute Gasteiger partial charge is 0.299 e. The molecule has 5 nitrogen and oxygen atoms in total. The van der Waals surface area contributed by atoms with Crippen LogP contribution < -0.4 is 4.74 Å². The molecular formula is C25H27F2N3O2. The van der Waals surface area contributed by atoms with Gasteiger partial charge in [0.2, 0.25) is 11.8 Å². The monoisotopic (exact) mass is 439 g/mol. The van der Waals surface area contributed by atoms with E-state index < -0.39 is 5.92 Å². The van der Waals surface area contributed by atoms with Crippen molar-refractivity contribution in [1.82, 2.24) is 14.9 Å². The Kier molecular flexibility index (Phi) is 5.04. The zero-order chi connectivity index (χ0) is 22.5. The van der Waals surface area contributed by atoms with Crippen LogP contribution >= 0.6 is 0 Å². The number of hydrogen-bond donors (Lipinski definition) is 1. The number of aromatic amines is 1. The number of alkyl halides is 2. The van der Waals surface area contributed by atoms with Gasteiger partial charge in [-0.2, -0.15) is 0 Å². The molecule has 1 saturated heterocycles. The molecule has 2 aliphatic rings. The molecule has 1 aliphatic heterocycles. The minimum Gasteiger partial charge on any atom is -0.410 e. The van der Waals surface area contributed by atoms with E-state index in [4.69, 9.17) is 4.74 Å². The van der Waals surface area contributed by atoms with Gasteiger partial charge in [-0.15, -0.1) is 0 Å². The largest absolute Gasteiger partial charge is 0.410 e. The number of nitrogens with one attached hydrogen (secondary N) is 1. The number of carbonyl (C=O) groups excluding carboxylic acids is 1. The summed E-state index contributed by atoms with van der Waals surface area (Å²) in [6.45, 7) is 6.09. The van der Waals surface area contributed by atoms with Gasteiger partial charge in [-0.05, 0) is 67.0 Å². The summed E-state index contributed by atoms with van der Waals surface area (Å²) in [7, 11) is 0. The van der Waals surface area contributed by atoms with Gasteiger partial charge in [-0.25, -0.2) is 13.8 Å². The van der Waals surface area contributed by atoms with Crippen molar-refractivity contribution in [1.29, 1.82) is 0 Å². The van der Waals surface area contributed by atoms with Crippen molar-refractivity contribution >= 4 is 17.4 Å². The van der Waals surface area contributed by atoms with Crippen LogP contribution in [0.1, 0.15) is 54.0 Å². The van der Waals surface area contributed by atoms with Crippen molar-refractivity contribution < 1.29 is 18.3 Å². The number of H-pyrrole nitrogens is 1. The Morgan fingerprint density at radius 2 is 2.06 bits per heavy atom. The van der Waals surface area contributed by atoms with Crippen LogP contribution in [-0.2, 0) is 11.3 Å². The second kappa shape index (κ2) is 7.66. The Hall–Kier alpha value is -2.80. The Morgan fingerprint density at radius 3 is 2.75 bits per heavy atom. The highest BCUT2D eigenvalue weighted by Crippen LogP contribution is 2.60. The average molecular weight is 440 g/mol. The molecular weight excluding hydrogens is 412 g/mol. The van der Waals surface area contributed by atoms with E-state index in [9.17, 15) is 13.6 Å². The summed E-state index contributed by atoms with van der Waals surface area (Å²) in [4.78, 5) is 20.6. The SMILES string of the molecule is Cc1cc(C)c2[nH]ccc2c1CN1CCC2(C[C@H]1c1ccc(OC=O)nc1)CC(F)(F)C2. The molecule has 1 aromatic carbocycles. The number of aromatic nitrogens is 2. The molecule has 0 bridgehead atoms. The predicted octanol–water partition coefficient (Wildman–Crippen LogP) is 5.47. The van der Waals surface area contributed by atoms with E-state index in [1.807, 2.05) is 12.3 Å². The first-order chi connectivity index (χ1) is 15.3. The summed E-state index contributed by atoms with van der Waals surface area (Å²) in [5, 5.41) is 1.21. The minimum absolute atomic E-state index is 0.0210. The maximum absolute atomic E-state index is 13.8. The summed E-state index contributed by atoms with van der Waals surface area (Å²) in [5.41, 5.74) is 5.51. The highest BCUT2D eigenvalue weighted by atomic mass is 19.3. The standard InChI is InChI=1S/C25H27F2N3O2/c1-16-9-17(2)23-19(5-7-28-23)20(16)12-30-8-6-24(13-25(26,27)14-24)10-21(30)18-3-4-22(29-11-18)32-15-31/h3-5,7,9,11,15,21,28H,6,8,10,12-14H2,1-2H3/t21-/m0/s1. The number of pyridine rings is 1. The number of benzene rings is 1. The van der Waals surface area contributed by atoms with Crippen molar-refractivity contribution in [3.8, 4) is 5.88 Å². The molecule has 1 aliphatic carbocycles. The Bertz CT molecular complexity index is 1150. The number of ether oxygens (including phenoxy) is 1. The van der Waals surface area contributed by atoms with Crippen LogP contribution in [0.4, 0.5) is 8.78 Å². The fourth-order valence-corrected chi connectivity index (χ4v) is 5.83. The van der Waals surface area contributed by atoms with Crippen LogP contribution in [0.2, 0.25) is 0 Å². The molecule has 2 aromatic heterocycles. The molecule has 0 unspecified atom stereocenters. The molecule has 1 saturated carbocycles. The Morgan fingerprint density at radius 1 is 1.25 bits per heavy atom. The summed E-state index contributed by atoms with van der Waals surface area (Å²) in [6, 6.07) is 7.86. The summed E-state index contributed by atoms with van der Waals surface area (Å²) >= 11 is 0. The van der Waals surface area contributed by atoms with Gasteiger partial charge in [-0.3, -0.25) is 9.69 Å². The topological polar surface area (TPSA) is 58.2 Å². The van der Waals surface area contributed by atoms with E-state index in [1.165, 1.54) is 22.1 Å². The molecule has 3 aromatic rings. The van der Waals surface area contributed by atoms with Crippen LogP contribution in [0, 0.1) is 19.3 Å². The van der Waals surface area contributed by atoms with Crippen molar-refractivity contribution in [2.75, 3.05) is 6.54 Å². The second-order valence-electron chi connectivity index (χ2n) is 9.55. The number of piperidine rings is 1. The molecule has 1 spiro atoms. The third kappa shape index (κ3) is 3.68. The fraction of sp³-hybridized carbons (Fsp3) is 0.440. The first-order valence-corrected chi connectivity index (χ1v) is 11.0. The van der Waals surface area contributed by atoms with E-state index in [1.54, 1.807) is 12.3 Å². The lowest BCUT2D eigenvalue weighted by molar-refractivity contribution is -0.186. The van der Waals surface area contributed by atoms with E-state index in [-0.39, 0.29) is 30.2 Å². The van der Waals surface area contributed by atoms with E-state index in [0.717, 1.165) is 30.6 Å². The summed E-state index contributed by atoms with van der Waals surface area (Å²) in [5.74, 6) is -2.31. The van der Waals surface area contributed by atoms with Gasteiger partial charge < -0.3 is 9.72 Å². The highest BCUT2D eigenvalue weighted by molar-refractivity contribution is 5.87. The number of likely N-dealkylation sites (tertiary alicyclic amines) is 1. The van der Waals surface area contributed by atoms with Crippen LogP contribution in [0.5, 0.6) is 5.88 Å². The molecule has 3 heterocycles. The average Bonchev–Trinajstić information content (AvgIpc) is 3.22. The van der Waals surface area contributed by atoms with Crippen LogP contribution in [0.15, 0.2) is 36.7 Å². The number of nitrogens with zero attached hydrogens (tertiary/aromatic N) is 2. The first kappa shape index (κ1) is 21.1. The first-order valence-electron chi connectivity index (χ1n) is 11.0. The zero-order valence-corrected chi connectivity index (χ0v) is 18.3. The summed E-state index contributed by atoms with van der Waals surface area (Å²) in [6.07, 6.45) is 5.07. The number of hydrogen-bond acceptors (Lipinski definition) is 4. The fourth-order valence-electron chi connectivity index (χ4n) is 5.83. The lowest BCUT2D eigenvalue weighted by atomic mass is 9.59. The number of carbonyl (C=O) groups is 1. The van der Waals surface area contributed by atoms with Crippen molar-refractivity contribution in [3.63, 3.8) is 0 Å². The Balaban J connectivity index is 1.48. The molecule has 1 N–H and O–H groups in total. The maximum Gasteiger partial charge on any atom is 0.299 e. The van der Waals surface area contributed by atoms with Crippen LogP contribution in [0.25, 0.3) is 10.9 Å². The molecule has 0 radical (unpaired) electrons. The number of fused-ring (bicyclic) bond motifs is 1. The maximum atomic E-state index is 13.8. The third-order valence-corrected chi connectivity index (χ3v) is 7.31. The van der Waals surface area contributed by atoms with Gasteiger partial charge in [-0.1, -0.05) is 12.1 Å². The van der Waals surface area contributed by atoms with Gasteiger partial charge >= 0.3 is 0 Å². The molecule has 5 rings (SSSR count). The van der Waals surface area contributed by atoms with E-state index in [0.29, 0.717) is 12.9 Å². The minimum atomic E-state index is -2.54. The van der Waals surface area contributed by atoms with Crippen molar-refractivity contribution in [3.05, 3.63) is 58.9 Å². The molecule has 0 amide bonds. The van der Waals surface area contributed by atoms with E-state index in [2.05, 4.69) is 40.8 Å². The zero-order valence-electron chi connectivity index (χ0n) is 18.3. The van der Waals surface area contributed by atoms with E-state index >= 15 is 0 Å². The molecule has 1 atom stereocenters. The van der Waals surface area contributed by atoms with Gasteiger partial charge in [0, 0.05) is 54.8 Å². The van der Waals surface area contributed by atoms with Crippen LogP contribution in [0.3, 0.4) is 0 Å². The highest BCUT2D eigenvalue weighted by Gasteiger charge is 2.58. The molecule has 7 heteroatoms. The molecule has 168 valence electrons. The second-order valence-corrected chi connectivity index (χ2v) is 9.55. The quantitative estimate of drug-likeness (QED) is 0.536. The lowest BCUT2D eigenvalue weighted by Gasteiger charge is -2.54. The van der Waals surface area contributed by atoms with Crippen molar-refractivity contribution in [2.45, 2.75) is 58.0 Å². The summed E-state index contributed by atoms with van der Waals surface area (Å²) < 4.78 is 32.5. The van der Waals surface area contributed by atoms with Crippen molar-refractivity contribution in [2.24, 2.45) is 5.41 Å².